The molecule has 1 spiro atoms. The van der Waals surface area contributed by atoms with Crippen molar-refractivity contribution >= 4 is 23.2 Å². The van der Waals surface area contributed by atoms with E-state index in [9.17, 15) is 8.78 Å². The largest absolute Gasteiger partial charge is 0.462 e. The summed E-state index contributed by atoms with van der Waals surface area (Å²) in [5.41, 5.74) is 7.40. The molecule has 4 nitrogen and oxygen atoms in total. The van der Waals surface area contributed by atoms with Crippen LogP contribution in [0.2, 0.25) is 5.15 Å². The zero-order chi connectivity index (χ0) is 16.9. The number of rotatable bonds is 1. The fourth-order valence-corrected chi connectivity index (χ4v) is 3.99. The molecule has 0 saturated heterocycles. The Morgan fingerprint density at radius 1 is 1.38 bits per heavy atom. The van der Waals surface area contributed by atoms with E-state index in [1.54, 1.807) is 18.2 Å². The highest BCUT2D eigenvalue weighted by Gasteiger charge is 2.51. The molecule has 0 saturated carbocycles. The molecule has 24 heavy (non-hydrogen) atoms. The second-order valence-electron chi connectivity index (χ2n) is 6.31. The van der Waals surface area contributed by atoms with Crippen LogP contribution in [0.5, 0.6) is 0 Å². The Morgan fingerprint density at radius 3 is 3.00 bits per heavy atom. The normalized spacial score (nSPS) is 32.3. The summed E-state index contributed by atoms with van der Waals surface area (Å²) in [7, 11) is 0. The molecule has 1 aliphatic heterocycles. The number of aliphatic imine (C=N–C) groups is 1. The first kappa shape index (κ1) is 15.6. The average molecular weight is 352 g/mol. The lowest BCUT2D eigenvalue weighted by Gasteiger charge is -2.35. The van der Waals surface area contributed by atoms with Crippen LogP contribution >= 0.6 is 11.6 Å². The number of pyridine rings is 1. The molecule has 2 heterocycles. The molecule has 0 radical (unpaired) electrons. The number of fused-ring (bicyclic) bond motifs is 1. The van der Waals surface area contributed by atoms with Gasteiger partial charge in [0, 0.05) is 12.6 Å². The van der Waals surface area contributed by atoms with Crippen LogP contribution in [0.25, 0.3) is 5.57 Å². The molecule has 126 valence electrons. The van der Waals surface area contributed by atoms with E-state index >= 15 is 0 Å². The molecule has 4 rings (SSSR count). The van der Waals surface area contributed by atoms with Crippen molar-refractivity contribution in [3.63, 3.8) is 0 Å². The van der Waals surface area contributed by atoms with Gasteiger partial charge in [-0.1, -0.05) is 17.2 Å². The van der Waals surface area contributed by atoms with E-state index in [0.717, 1.165) is 11.1 Å². The van der Waals surface area contributed by atoms with Crippen molar-refractivity contribution < 1.29 is 13.5 Å². The van der Waals surface area contributed by atoms with Crippen LogP contribution in [0.15, 0.2) is 40.5 Å². The summed E-state index contributed by atoms with van der Waals surface area (Å²) in [6.45, 7) is -0.130. The van der Waals surface area contributed by atoms with Gasteiger partial charge in [0.05, 0.1) is 0 Å². The Kier molecular flexibility index (Phi) is 3.60. The summed E-state index contributed by atoms with van der Waals surface area (Å²) in [5.74, 6) is 0. The summed E-state index contributed by atoms with van der Waals surface area (Å²) in [5, 5.41) is 0.290. The van der Waals surface area contributed by atoms with Crippen molar-refractivity contribution in [2.45, 2.75) is 37.1 Å². The molecular formula is C17H16ClF2N3O. The maximum absolute atomic E-state index is 14.7. The van der Waals surface area contributed by atoms with Gasteiger partial charge in [-0.25, -0.2) is 18.8 Å². The summed E-state index contributed by atoms with van der Waals surface area (Å²) >= 11 is 5.92. The zero-order valence-corrected chi connectivity index (χ0v) is 13.6. The SMILES string of the molecule is NC1=NC2(CCC3=C2C=C(c2ccnc(Cl)c2)[C@H](F)C3)C(F)CO1. The Hall–Kier alpha value is -1.95. The predicted molar refractivity (Wildman–Crippen MR) is 88.2 cm³/mol. The van der Waals surface area contributed by atoms with E-state index in [2.05, 4.69) is 9.98 Å². The van der Waals surface area contributed by atoms with Crippen LogP contribution in [0.1, 0.15) is 24.8 Å². The predicted octanol–water partition coefficient (Wildman–Crippen LogP) is 3.37. The molecule has 7 heteroatoms. The Bertz CT molecular complexity index is 792. The molecule has 0 bridgehead atoms. The van der Waals surface area contributed by atoms with E-state index in [1.165, 1.54) is 6.20 Å². The summed E-state index contributed by atoms with van der Waals surface area (Å²) in [6, 6.07) is 3.30. The average Bonchev–Trinajstić information content (AvgIpc) is 2.89. The zero-order valence-electron chi connectivity index (χ0n) is 12.8. The standard InChI is InChI=1S/C17H16ClF2N3O/c18-15-6-9(2-4-22-15)11-7-12-10(5-13(11)19)1-3-17(12)14(20)8-24-16(21)23-17/h2,4,6-7,13-14H,1,3,5,8H2,(H2,21,23)/t13-,14?,17?/m1/s1. The number of hydrogen-bond acceptors (Lipinski definition) is 4. The van der Waals surface area contributed by atoms with E-state index in [-0.39, 0.29) is 19.0 Å². The van der Waals surface area contributed by atoms with E-state index in [4.69, 9.17) is 22.1 Å². The van der Waals surface area contributed by atoms with Crippen molar-refractivity contribution in [3.8, 4) is 0 Å². The number of ether oxygens (including phenoxy) is 1. The minimum atomic E-state index is -1.30. The van der Waals surface area contributed by atoms with Gasteiger partial charge in [-0.2, -0.15) is 0 Å². The molecule has 3 aliphatic rings. The highest BCUT2D eigenvalue weighted by molar-refractivity contribution is 6.29. The molecule has 0 fully saturated rings. The highest BCUT2D eigenvalue weighted by atomic mass is 35.5. The first-order valence-corrected chi connectivity index (χ1v) is 8.20. The number of halogens is 3. The Labute approximate surface area is 143 Å². The third-order valence-corrected chi connectivity index (χ3v) is 5.19. The quantitative estimate of drug-likeness (QED) is 0.789. The lowest BCUT2D eigenvalue weighted by molar-refractivity contribution is 0.105. The molecule has 3 atom stereocenters. The van der Waals surface area contributed by atoms with Gasteiger partial charge >= 0.3 is 0 Å². The third kappa shape index (κ3) is 2.32. The number of aromatic nitrogens is 1. The van der Waals surface area contributed by atoms with Crippen LogP contribution in [0.4, 0.5) is 8.78 Å². The fourth-order valence-electron chi connectivity index (χ4n) is 3.81. The maximum Gasteiger partial charge on any atom is 0.283 e. The van der Waals surface area contributed by atoms with Crippen molar-refractivity contribution in [3.05, 3.63) is 46.3 Å². The minimum Gasteiger partial charge on any atom is -0.462 e. The number of nitrogens with two attached hydrogens (primary N) is 1. The number of nitrogens with zero attached hydrogens (tertiary/aromatic N) is 2. The smallest absolute Gasteiger partial charge is 0.283 e. The molecule has 0 amide bonds. The number of allylic oxidation sites excluding steroid dienone is 2. The van der Waals surface area contributed by atoms with Crippen molar-refractivity contribution in [2.24, 2.45) is 10.7 Å². The van der Waals surface area contributed by atoms with Gasteiger partial charge in [0.25, 0.3) is 6.02 Å². The topological polar surface area (TPSA) is 60.5 Å². The minimum absolute atomic E-state index is 0.0121. The van der Waals surface area contributed by atoms with Gasteiger partial charge in [0.15, 0.2) is 6.17 Å². The lowest BCUT2D eigenvalue weighted by atomic mass is 9.80. The Balaban J connectivity index is 1.82. The van der Waals surface area contributed by atoms with Crippen LogP contribution in [0.3, 0.4) is 0 Å². The maximum atomic E-state index is 14.7. The van der Waals surface area contributed by atoms with Gasteiger partial charge in [-0.05, 0) is 47.8 Å². The molecule has 2 N–H and O–H groups in total. The molecule has 0 aromatic carbocycles. The first-order chi connectivity index (χ1) is 11.5. The van der Waals surface area contributed by atoms with Crippen molar-refractivity contribution in [1.82, 2.24) is 4.98 Å². The number of hydrogen-bond donors (Lipinski definition) is 1. The number of amidine groups is 1. The van der Waals surface area contributed by atoms with E-state index < -0.39 is 17.9 Å². The molecule has 2 aliphatic carbocycles. The highest BCUT2D eigenvalue weighted by Crippen LogP contribution is 2.50. The van der Waals surface area contributed by atoms with E-state index in [1.807, 2.05) is 0 Å². The van der Waals surface area contributed by atoms with Gasteiger partial charge in [-0.3, -0.25) is 0 Å². The molecule has 1 aromatic rings. The van der Waals surface area contributed by atoms with Crippen LogP contribution in [-0.4, -0.2) is 35.5 Å². The summed E-state index contributed by atoms with van der Waals surface area (Å²) < 4.78 is 34.4. The van der Waals surface area contributed by atoms with Crippen LogP contribution in [-0.2, 0) is 4.74 Å². The molecular weight excluding hydrogens is 336 g/mol. The Morgan fingerprint density at radius 2 is 2.21 bits per heavy atom. The van der Waals surface area contributed by atoms with Gasteiger partial charge in [0.2, 0.25) is 0 Å². The van der Waals surface area contributed by atoms with Crippen molar-refractivity contribution in [1.29, 1.82) is 0 Å². The fraction of sp³-hybridized carbons (Fsp3) is 0.412. The molecule has 1 aromatic heterocycles. The summed E-state index contributed by atoms with van der Waals surface area (Å²) in [6.07, 6.45) is 2.14. The van der Waals surface area contributed by atoms with Gasteiger partial charge in [-0.15, -0.1) is 0 Å². The lowest BCUT2D eigenvalue weighted by Crippen LogP contribution is -2.47. The van der Waals surface area contributed by atoms with Crippen LogP contribution < -0.4 is 5.73 Å². The first-order valence-electron chi connectivity index (χ1n) is 7.82. The van der Waals surface area contributed by atoms with Gasteiger partial charge in [0.1, 0.15) is 23.5 Å². The number of alkyl halides is 2. The third-order valence-electron chi connectivity index (χ3n) is 4.98. The monoisotopic (exact) mass is 351 g/mol. The molecule has 2 unspecified atom stereocenters. The summed E-state index contributed by atoms with van der Waals surface area (Å²) in [4.78, 5) is 8.20. The van der Waals surface area contributed by atoms with Crippen LogP contribution in [0, 0.1) is 0 Å². The second-order valence-corrected chi connectivity index (χ2v) is 6.70. The van der Waals surface area contributed by atoms with Crippen molar-refractivity contribution in [2.75, 3.05) is 6.61 Å². The second kappa shape index (κ2) is 5.55. The van der Waals surface area contributed by atoms with Gasteiger partial charge < -0.3 is 10.5 Å². The van der Waals surface area contributed by atoms with E-state index in [0.29, 0.717) is 29.1 Å².